The molecule has 124 valence electrons. The predicted octanol–water partition coefficient (Wildman–Crippen LogP) is 3.13. The summed E-state index contributed by atoms with van der Waals surface area (Å²) in [5.74, 6) is 0. The average Bonchev–Trinajstić information content (AvgIpc) is 3.08. The molecule has 25 heavy (non-hydrogen) atoms. The lowest BCUT2D eigenvalue weighted by Crippen LogP contribution is -2.21. The highest BCUT2D eigenvalue weighted by Gasteiger charge is 2.11. The summed E-state index contributed by atoms with van der Waals surface area (Å²) in [6, 6.07) is 18.1. The number of benzene rings is 2. The minimum absolute atomic E-state index is 0.0562. The molecular formula is C20H18N4O. The lowest BCUT2D eigenvalue weighted by Gasteiger charge is -2.07. The summed E-state index contributed by atoms with van der Waals surface area (Å²) >= 11 is 0. The van der Waals surface area contributed by atoms with Crippen LogP contribution in [0.3, 0.4) is 0 Å². The van der Waals surface area contributed by atoms with Gasteiger partial charge in [0.05, 0.1) is 18.2 Å². The van der Waals surface area contributed by atoms with Crippen molar-refractivity contribution in [1.82, 2.24) is 19.3 Å². The lowest BCUT2D eigenvalue weighted by atomic mass is 10.1. The van der Waals surface area contributed by atoms with Crippen molar-refractivity contribution in [2.75, 3.05) is 0 Å². The Balaban J connectivity index is 1.67. The second-order valence-electron chi connectivity index (χ2n) is 6.11. The molecule has 0 saturated heterocycles. The Kier molecular flexibility index (Phi) is 3.90. The Morgan fingerprint density at radius 3 is 2.52 bits per heavy atom. The minimum atomic E-state index is -0.0562. The van der Waals surface area contributed by atoms with Gasteiger partial charge < -0.3 is 0 Å². The molecule has 0 spiro atoms. The number of hydrogen-bond donors (Lipinski definition) is 0. The van der Waals surface area contributed by atoms with Gasteiger partial charge in [0, 0.05) is 6.54 Å². The van der Waals surface area contributed by atoms with Crippen LogP contribution in [-0.4, -0.2) is 19.3 Å². The third-order valence-electron chi connectivity index (χ3n) is 4.32. The SMILES string of the molecule is Cc1ccc(-n2ncc3c(=O)n(CCc4ccccc4)cnc32)cc1. The standard InChI is InChI=1S/C20H18N4O/c1-15-7-9-17(10-8-15)24-19-18(13-22-24)20(25)23(14-21-19)12-11-16-5-3-2-4-6-16/h2-10,13-14H,11-12H2,1H3. The third kappa shape index (κ3) is 2.96. The first-order chi connectivity index (χ1) is 12.2. The van der Waals surface area contributed by atoms with Crippen LogP contribution in [0.25, 0.3) is 16.7 Å². The summed E-state index contributed by atoms with van der Waals surface area (Å²) in [5, 5.41) is 4.89. The largest absolute Gasteiger partial charge is 0.298 e. The molecule has 0 bridgehead atoms. The van der Waals surface area contributed by atoms with E-state index < -0.39 is 0 Å². The Morgan fingerprint density at radius 2 is 1.76 bits per heavy atom. The van der Waals surface area contributed by atoms with Gasteiger partial charge in [0.2, 0.25) is 0 Å². The van der Waals surface area contributed by atoms with Gasteiger partial charge >= 0.3 is 0 Å². The molecule has 2 aromatic carbocycles. The van der Waals surface area contributed by atoms with Crippen molar-refractivity contribution in [1.29, 1.82) is 0 Å². The zero-order chi connectivity index (χ0) is 17.2. The molecule has 0 fully saturated rings. The van der Waals surface area contributed by atoms with Crippen LogP contribution in [0.1, 0.15) is 11.1 Å². The van der Waals surface area contributed by atoms with Crippen molar-refractivity contribution in [2.45, 2.75) is 19.9 Å². The highest BCUT2D eigenvalue weighted by atomic mass is 16.1. The van der Waals surface area contributed by atoms with E-state index in [4.69, 9.17) is 0 Å². The Hall–Kier alpha value is -3.21. The quantitative estimate of drug-likeness (QED) is 0.578. The van der Waals surface area contributed by atoms with Crippen molar-refractivity contribution in [3.05, 3.63) is 88.6 Å². The zero-order valence-corrected chi connectivity index (χ0v) is 14.0. The molecule has 0 aliphatic carbocycles. The van der Waals surface area contributed by atoms with E-state index in [0.29, 0.717) is 17.6 Å². The van der Waals surface area contributed by atoms with Crippen LogP contribution in [-0.2, 0) is 13.0 Å². The Morgan fingerprint density at radius 1 is 1.00 bits per heavy atom. The monoisotopic (exact) mass is 330 g/mol. The highest BCUT2D eigenvalue weighted by molar-refractivity contribution is 5.74. The smallest absolute Gasteiger partial charge is 0.264 e. The minimum Gasteiger partial charge on any atom is -0.298 e. The molecule has 0 radical (unpaired) electrons. The number of aromatic nitrogens is 4. The van der Waals surface area contributed by atoms with Gasteiger partial charge in [0.1, 0.15) is 5.39 Å². The first-order valence-electron chi connectivity index (χ1n) is 8.26. The first-order valence-corrected chi connectivity index (χ1v) is 8.26. The van der Waals surface area contributed by atoms with Gasteiger partial charge in [-0.2, -0.15) is 5.10 Å². The molecule has 0 saturated carbocycles. The fourth-order valence-electron chi connectivity index (χ4n) is 2.88. The second-order valence-corrected chi connectivity index (χ2v) is 6.11. The summed E-state index contributed by atoms with van der Waals surface area (Å²) in [4.78, 5) is 17.2. The number of aryl methyl sites for hydroxylation is 3. The van der Waals surface area contributed by atoms with Gasteiger partial charge in [-0.1, -0.05) is 48.0 Å². The van der Waals surface area contributed by atoms with E-state index in [1.807, 2.05) is 49.4 Å². The van der Waals surface area contributed by atoms with Crippen molar-refractivity contribution >= 4 is 11.0 Å². The van der Waals surface area contributed by atoms with Crippen LogP contribution in [0.5, 0.6) is 0 Å². The summed E-state index contributed by atoms with van der Waals surface area (Å²) in [5.41, 5.74) is 3.81. The van der Waals surface area contributed by atoms with Gasteiger partial charge in [0.25, 0.3) is 5.56 Å². The highest BCUT2D eigenvalue weighted by Crippen LogP contribution is 2.14. The molecule has 2 aromatic heterocycles. The van der Waals surface area contributed by atoms with Crippen LogP contribution >= 0.6 is 0 Å². The maximum atomic E-state index is 12.7. The Bertz CT molecular complexity index is 1060. The van der Waals surface area contributed by atoms with Crippen LogP contribution in [0.15, 0.2) is 71.9 Å². The molecule has 0 amide bonds. The van der Waals surface area contributed by atoms with Gasteiger partial charge in [0.15, 0.2) is 5.65 Å². The van der Waals surface area contributed by atoms with Crippen molar-refractivity contribution in [3.63, 3.8) is 0 Å². The summed E-state index contributed by atoms with van der Waals surface area (Å²) in [7, 11) is 0. The molecule has 2 heterocycles. The molecule has 5 nitrogen and oxygen atoms in total. The van der Waals surface area contributed by atoms with E-state index in [-0.39, 0.29) is 5.56 Å². The fraction of sp³-hybridized carbons (Fsp3) is 0.150. The normalized spacial score (nSPS) is 11.1. The number of rotatable bonds is 4. The predicted molar refractivity (Wildman–Crippen MR) is 98.0 cm³/mol. The van der Waals surface area contributed by atoms with Crippen molar-refractivity contribution in [3.8, 4) is 5.69 Å². The molecule has 0 N–H and O–H groups in total. The van der Waals surface area contributed by atoms with Crippen LogP contribution in [0.2, 0.25) is 0 Å². The second kappa shape index (κ2) is 6.36. The molecule has 0 aliphatic heterocycles. The van der Waals surface area contributed by atoms with Crippen molar-refractivity contribution in [2.24, 2.45) is 0 Å². The van der Waals surface area contributed by atoms with Gasteiger partial charge in [-0.25, -0.2) is 9.67 Å². The number of fused-ring (bicyclic) bond motifs is 1. The molecular weight excluding hydrogens is 312 g/mol. The number of hydrogen-bond acceptors (Lipinski definition) is 3. The summed E-state index contributed by atoms with van der Waals surface area (Å²) in [6.45, 7) is 2.64. The molecule has 4 aromatic rings. The van der Waals surface area contributed by atoms with E-state index in [0.717, 1.165) is 12.1 Å². The van der Waals surface area contributed by atoms with Crippen LogP contribution < -0.4 is 5.56 Å². The lowest BCUT2D eigenvalue weighted by molar-refractivity contribution is 0.661. The third-order valence-corrected chi connectivity index (χ3v) is 4.32. The molecule has 5 heteroatoms. The van der Waals surface area contributed by atoms with E-state index in [9.17, 15) is 4.79 Å². The summed E-state index contributed by atoms with van der Waals surface area (Å²) < 4.78 is 3.36. The maximum Gasteiger partial charge on any atom is 0.264 e. The fourth-order valence-corrected chi connectivity index (χ4v) is 2.88. The molecule has 0 atom stereocenters. The van der Waals surface area contributed by atoms with E-state index in [1.165, 1.54) is 11.1 Å². The van der Waals surface area contributed by atoms with Crippen LogP contribution in [0.4, 0.5) is 0 Å². The molecule has 0 unspecified atom stereocenters. The number of nitrogens with zero attached hydrogens (tertiary/aromatic N) is 4. The topological polar surface area (TPSA) is 52.7 Å². The van der Waals surface area contributed by atoms with Gasteiger partial charge in [-0.05, 0) is 31.0 Å². The summed E-state index contributed by atoms with van der Waals surface area (Å²) in [6.07, 6.45) is 4.00. The first kappa shape index (κ1) is 15.3. The Labute approximate surface area is 145 Å². The average molecular weight is 330 g/mol. The van der Waals surface area contributed by atoms with E-state index in [2.05, 4.69) is 22.2 Å². The van der Waals surface area contributed by atoms with Gasteiger partial charge in [-0.3, -0.25) is 9.36 Å². The zero-order valence-electron chi connectivity index (χ0n) is 14.0. The van der Waals surface area contributed by atoms with E-state index in [1.54, 1.807) is 21.8 Å². The van der Waals surface area contributed by atoms with Gasteiger partial charge in [-0.15, -0.1) is 0 Å². The molecule has 0 aliphatic rings. The maximum absolute atomic E-state index is 12.7. The van der Waals surface area contributed by atoms with E-state index >= 15 is 0 Å². The van der Waals surface area contributed by atoms with Crippen molar-refractivity contribution < 1.29 is 0 Å². The molecule has 4 rings (SSSR count). The van der Waals surface area contributed by atoms with Crippen LogP contribution in [0, 0.1) is 6.92 Å².